The molecule has 5 aliphatic rings. The molecule has 29 atom stereocenters. The summed E-state index contributed by atoms with van der Waals surface area (Å²) >= 11 is 0. The van der Waals surface area contributed by atoms with Crippen molar-refractivity contribution in [2.45, 2.75) is 442 Å². The van der Waals surface area contributed by atoms with Crippen LogP contribution >= 0.6 is 0 Å². The first-order valence-electron chi connectivity index (χ1n) is 44.7. The van der Waals surface area contributed by atoms with E-state index in [4.69, 9.17) is 47.4 Å². The summed E-state index contributed by atoms with van der Waals surface area (Å²) in [5.74, 6) is -14.6. The van der Waals surface area contributed by atoms with E-state index in [1.54, 1.807) is 6.08 Å². The first-order valence-corrected chi connectivity index (χ1v) is 44.7. The van der Waals surface area contributed by atoms with E-state index in [1.807, 2.05) is 0 Å². The molecule has 0 aromatic heterocycles. The zero-order chi connectivity index (χ0) is 90.1. The predicted octanol–water partition coefficient (Wildman–Crippen LogP) is 0.648. The molecule has 0 aliphatic carbocycles. The van der Waals surface area contributed by atoms with E-state index in [-0.39, 0.29) is 6.42 Å². The lowest BCUT2D eigenvalue weighted by atomic mass is 9.87. The maximum atomic E-state index is 14.2. The molecule has 5 fully saturated rings. The van der Waals surface area contributed by atoms with Crippen LogP contribution in [0.2, 0.25) is 0 Å². The number of hydrogen-bond acceptors (Lipinski definition) is 32. The first kappa shape index (κ1) is 108. The number of rotatable bonds is 62. The molecule has 0 aromatic carbocycles. The Balaban J connectivity index is 1.39. The Morgan fingerprint density at radius 2 is 0.852 bits per heavy atom. The van der Waals surface area contributed by atoms with E-state index < -0.39 is 265 Å². The molecule has 5 saturated heterocycles. The number of unbranched alkanes of at least 4 members (excludes halogenated alkanes) is 31. The maximum Gasteiger partial charge on any atom is 0.364 e. The fraction of sp³-hybridized carbons (Fsp3) is 0.905. The van der Waals surface area contributed by atoms with E-state index in [0.717, 1.165) is 85.0 Å². The number of allylic oxidation sites excluding steroid dienone is 1. The lowest BCUT2D eigenvalue weighted by Gasteiger charge is -2.52. The monoisotopic (exact) mass is 1760 g/mol. The molecule has 22 N–H and O–H groups in total. The molecule has 5 aliphatic heterocycles. The lowest BCUT2D eigenvalue weighted by molar-refractivity contribution is -0.402. The standard InChI is InChI=1S/C84H150N4O34/c1-6-8-10-12-14-16-18-20-21-22-23-24-25-26-27-29-31-33-35-37-39-41-62(101)88-53(54(97)40-38-36-34-32-30-28-19-17-15-13-11-9-7-2)49-113-79-71(107)70(106)73(60(47-92)115-79)117-80-72(108)77(74(61(48-93)116-80)118-78-65(87-52(5)96)69(105)67(103)58(45-90)114-78)122-84(82(111)112)43-56(99)64(86-51(4)95)76(121-84)68(104)59(46-91)119-83(81(109)110)42-55(98)63(85-50(3)94)75(120-83)66(102)57(100)44-89/h38,40,53-61,63-80,89-93,97-100,102-108H,6-37,39,41-49H2,1-5H3,(H,85,94)(H,86,95)(H,87,96)(H,88,101)(H,109,110)(H,111,112)/b40-38+/t53-,54+,55?,56?,57+,58?,59+,60?,61?,63+,64+,65?,66+,67-,68+,69+,70+,71?,72?,73+,74-,75?,76?,77+,78-,79+,80-,83+,84-/m0/s1. The Morgan fingerprint density at radius 3 is 1.30 bits per heavy atom. The summed E-state index contributed by atoms with van der Waals surface area (Å²) in [6.45, 7) is 0.559. The Hall–Kier alpha value is -4.48. The molecule has 0 spiro atoms. The predicted molar refractivity (Wildman–Crippen MR) is 435 cm³/mol. The minimum Gasteiger partial charge on any atom is -0.477 e. The number of aliphatic hydroxyl groups is 16. The van der Waals surface area contributed by atoms with Crippen LogP contribution in [0.5, 0.6) is 0 Å². The topological polar surface area (TPSA) is 607 Å². The number of carbonyl (C=O) groups excluding carboxylic acids is 4. The van der Waals surface area contributed by atoms with Crippen molar-refractivity contribution in [3.63, 3.8) is 0 Å². The smallest absolute Gasteiger partial charge is 0.364 e. The summed E-state index contributed by atoms with van der Waals surface area (Å²) in [4.78, 5) is 79.2. The van der Waals surface area contributed by atoms with Crippen LogP contribution in [0.15, 0.2) is 12.2 Å². The van der Waals surface area contributed by atoms with Gasteiger partial charge in [-0.25, -0.2) is 9.59 Å². The molecule has 5 heterocycles. The average molecular weight is 1760 g/mol. The van der Waals surface area contributed by atoms with Crippen molar-refractivity contribution in [1.29, 1.82) is 0 Å². The van der Waals surface area contributed by atoms with Gasteiger partial charge in [-0.3, -0.25) is 19.2 Å². The maximum absolute atomic E-state index is 14.2. The summed E-state index contributed by atoms with van der Waals surface area (Å²) < 4.78 is 60.0. The van der Waals surface area contributed by atoms with Gasteiger partial charge in [-0.05, 0) is 19.3 Å². The molecule has 0 bridgehead atoms. The number of carbonyl (C=O) groups is 6. The Morgan fingerprint density at radius 1 is 0.443 bits per heavy atom. The van der Waals surface area contributed by atoms with E-state index in [9.17, 15) is 121 Å². The van der Waals surface area contributed by atoms with Gasteiger partial charge in [0.2, 0.25) is 23.6 Å². The molecule has 0 aromatic rings. The molecule has 38 nitrogen and oxygen atoms in total. The van der Waals surface area contributed by atoms with Crippen LogP contribution in [-0.4, -0.2) is 344 Å². The van der Waals surface area contributed by atoms with Gasteiger partial charge in [0, 0.05) is 40.0 Å². The minimum atomic E-state index is -3.59. The minimum absolute atomic E-state index is 0.113. The number of ether oxygens (including phenoxy) is 10. The van der Waals surface area contributed by atoms with Gasteiger partial charge in [-0.2, -0.15) is 0 Å². The molecule has 0 saturated carbocycles. The van der Waals surface area contributed by atoms with Crippen molar-refractivity contribution in [3.8, 4) is 0 Å². The van der Waals surface area contributed by atoms with Gasteiger partial charge in [0.25, 0.3) is 11.6 Å². The van der Waals surface area contributed by atoms with Crippen LogP contribution in [0.25, 0.3) is 0 Å². The highest BCUT2D eigenvalue weighted by atomic mass is 16.8. The van der Waals surface area contributed by atoms with Gasteiger partial charge in [0.1, 0.15) is 110 Å². The zero-order valence-electron chi connectivity index (χ0n) is 72.0. The van der Waals surface area contributed by atoms with Gasteiger partial charge < -0.3 is 161 Å². The molecule has 5 rings (SSSR count). The van der Waals surface area contributed by atoms with Crippen LogP contribution in [0.1, 0.15) is 266 Å². The highest BCUT2D eigenvalue weighted by Gasteiger charge is 2.64. The van der Waals surface area contributed by atoms with Crippen molar-refractivity contribution in [2.75, 3.05) is 39.6 Å². The van der Waals surface area contributed by atoms with E-state index in [1.165, 1.54) is 141 Å². The van der Waals surface area contributed by atoms with Crippen molar-refractivity contribution in [2.24, 2.45) is 0 Å². The van der Waals surface area contributed by atoms with Crippen LogP contribution in [0, 0.1) is 0 Å². The number of amides is 4. The Bertz CT molecular complexity index is 2970. The SMILES string of the molecule is CCCCCCCCCCCCC/C=C/[C@@H](O)[C@H](CO[C@@H]1OC(CO)[C@@H](O[C@@H]2OC(CO)[C@H](O[C@@H]3OC(CO)[C@H](O)[C@H](O)C3NC(C)=O)[C@H](O[C@]3(C(=O)O)CC(O)[C@@H](NC(C)=O)C([C@H](O)[C@@H](CO)O[C@]4(C(=O)O)CC(O)[C@@H](NC(C)=O)C([C@H](O)[C@H](O)CO)O4)O3)C2O)[C@H](O)C1O)NC(=O)CCCCCCCCCCCCCCCCCCCCCCC. The van der Waals surface area contributed by atoms with Crippen molar-refractivity contribution in [1.82, 2.24) is 21.3 Å². The second kappa shape index (κ2) is 57.4. The van der Waals surface area contributed by atoms with Gasteiger partial charge in [-0.1, -0.05) is 219 Å². The third kappa shape index (κ3) is 34.2. The molecule has 38 heteroatoms. The number of carboxylic acids is 2. The third-order valence-corrected chi connectivity index (χ3v) is 23.5. The van der Waals surface area contributed by atoms with Gasteiger partial charge in [0.15, 0.2) is 18.9 Å². The molecule has 10 unspecified atom stereocenters. The summed E-state index contributed by atoms with van der Waals surface area (Å²) in [7, 11) is 0. The summed E-state index contributed by atoms with van der Waals surface area (Å²) in [5, 5.41) is 213. The van der Waals surface area contributed by atoms with Gasteiger partial charge >= 0.3 is 11.9 Å². The molecule has 122 heavy (non-hydrogen) atoms. The fourth-order valence-electron chi connectivity index (χ4n) is 16.5. The summed E-state index contributed by atoms with van der Waals surface area (Å²) in [6, 6.07) is -6.82. The van der Waals surface area contributed by atoms with E-state index in [2.05, 4.69) is 35.1 Å². The molecule has 4 amide bonds. The van der Waals surface area contributed by atoms with Crippen molar-refractivity contribution < 1.29 is 168 Å². The van der Waals surface area contributed by atoms with Gasteiger partial charge in [-0.15, -0.1) is 0 Å². The first-order chi connectivity index (χ1) is 58.3. The second-order valence-corrected chi connectivity index (χ2v) is 33.6. The Kier molecular flexibility index (Phi) is 50.9. The highest BCUT2D eigenvalue weighted by Crippen LogP contribution is 2.43. The normalized spacial score (nSPS) is 32.3. The quantitative estimate of drug-likeness (QED) is 0.0294. The number of nitrogens with one attached hydrogen (secondary N) is 4. The number of carboxylic acid groups (broad SMARTS) is 2. The molecular formula is C84H150N4O34. The molecule has 710 valence electrons. The number of hydrogen-bond donors (Lipinski definition) is 22. The molecule has 0 radical (unpaired) electrons. The fourth-order valence-corrected chi connectivity index (χ4v) is 16.5. The van der Waals surface area contributed by atoms with Crippen LogP contribution in [-0.2, 0) is 76.1 Å². The number of aliphatic carboxylic acids is 2. The lowest BCUT2D eigenvalue weighted by Crippen LogP contribution is -2.72. The summed E-state index contributed by atoms with van der Waals surface area (Å²) in [6.07, 6.45) is -11.1. The highest BCUT2D eigenvalue weighted by molar-refractivity contribution is 5.78. The Labute approximate surface area is 716 Å². The third-order valence-electron chi connectivity index (χ3n) is 23.5. The second-order valence-electron chi connectivity index (χ2n) is 33.6. The largest absolute Gasteiger partial charge is 0.477 e. The van der Waals surface area contributed by atoms with Crippen molar-refractivity contribution in [3.05, 3.63) is 12.2 Å². The number of aliphatic hydroxyl groups excluding tert-OH is 16. The summed E-state index contributed by atoms with van der Waals surface area (Å²) in [5.41, 5.74) is 0. The van der Waals surface area contributed by atoms with Crippen molar-refractivity contribution >= 4 is 35.6 Å². The van der Waals surface area contributed by atoms with E-state index >= 15 is 0 Å². The van der Waals surface area contributed by atoms with Gasteiger partial charge in [0.05, 0.1) is 76.1 Å². The van der Waals surface area contributed by atoms with Crippen LogP contribution in [0.4, 0.5) is 0 Å². The average Bonchev–Trinajstić information content (AvgIpc) is 0.741. The van der Waals surface area contributed by atoms with Crippen LogP contribution in [0.3, 0.4) is 0 Å². The zero-order valence-corrected chi connectivity index (χ0v) is 72.0. The van der Waals surface area contributed by atoms with E-state index in [0.29, 0.717) is 12.8 Å². The van der Waals surface area contributed by atoms with Crippen LogP contribution < -0.4 is 21.3 Å². The molecular weight excluding hydrogens is 1610 g/mol.